The number of hydrogen-bond donors (Lipinski definition) is 1. The lowest BCUT2D eigenvalue weighted by molar-refractivity contribution is 0.515. The van der Waals surface area contributed by atoms with E-state index in [1.165, 1.54) is 6.26 Å². The monoisotopic (exact) mass is 245 g/mol. The molecule has 1 N–H and O–H groups in total. The first kappa shape index (κ1) is 13.2. The van der Waals surface area contributed by atoms with Crippen LogP contribution in [0.3, 0.4) is 0 Å². The first-order chi connectivity index (χ1) is 7.48. The lowest BCUT2D eigenvalue weighted by atomic mass is 10.2. The number of sulfone groups is 1. The molecule has 16 heavy (non-hydrogen) atoms. The topological polar surface area (TPSA) is 64.0 Å². The molecule has 0 bridgehead atoms. The minimum absolute atomic E-state index is 0.0961. The fraction of sp³-hybridized carbons (Fsp3) is 0.700. The van der Waals surface area contributed by atoms with Crippen LogP contribution in [0, 0.1) is 0 Å². The summed E-state index contributed by atoms with van der Waals surface area (Å²) in [5.74, 6) is 0.0961. The van der Waals surface area contributed by atoms with Gasteiger partial charge in [-0.1, -0.05) is 6.92 Å². The maximum absolute atomic E-state index is 11.3. The zero-order valence-corrected chi connectivity index (χ0v) is 10.8. The van der Waals surface area contributed by atoms with Crippen LogP contribution in [-0.4, -0.2) is 37.3 Å². The van der Waals surface area contributed by atoms with Crippen LogP contribution in [0.15, 0.2) is 12.3 Å². The van der Waals surface area contributed by atoms with Crippen molar-refractivity contribution in [1.29, 1.82) is 0 Å². The summed E-state index contributed by atoms with van der Waals surface area (Å²) < 4.78 is 24.4. The lowest BCUT2D eigenvalue weighted by Crippen LogP contribution is -2.27. The number of nitrogens with one attached hydrogen (secondary N) is 1. The Balaban J connectivity index is 2.90. The van der Waals surface area contributed by atoms with Crippen molar-refractivity contribution in [3.63, 3.8) is 0 Å². The van der Waals surface area contributed by atoms with Gasteiger partial charge in [0.15, 0.2) is 0 Å². The van der Waals surface area contributed by atoms with Crippen molar-refractivity contribution < 1.29 is 8.42 Å². The van der Waals surface area contributed by atoms with Crippen molar-refractivity contribution in [2.45, 2.75) is 25.9 Å². The summed E-state index contributed by atoms with van der Waals surface area (Å²) in [7, 11) is -1.23. The first-order valence-electron chi connectivity index (χ1n) is 5.34. The highest BCUT2D eigenvalue weighted by molar-refractivity contribution is 7.90. The Hall–Kier alpha value is -0.880. The highest BCUT2D eigenvalue weighted by atomic mass is 32.2. The summed E-state index contributed by atoms with van der Waals surface area (Å²) in [6, 6.07) is 1.67. The van der Waals surface area contributed by atoms with E-state index in [1.807, 2.05) is 10.7 Å². The number of rotatable bonds is 6. The largest absolute Gasteiger partial charge is 0.311 e. The molecule has 0 aliphatic rings. The van der Waals surface area contributed by atoms with E-state index in [0.717, 1.165) is 18.7 Å². The van der Waals surface area contributed by atoms with E-state index in [0.29, 0.717) is 0 Å². The van der Waals surface area contributed by atoms with Crippen molar-refractivity contribution in [3.05, 3.63) is 18.0 Å². The molecule has 0 fully saturated rings. The molecule has 1 atom stereocenters. The molecule has 0 saturated carbocycles. The highest BCUT2D eigenvalue weighted by Crippen LogP contribution is 2.14. The molecule has 1 unspecified atom stereocenters. The Labute approximate surface area is 96.8 Å². The minimum atomic E-state index is -3.00. The number of aromatic nitrogens is 2. The van der Waals surface area contributed by atoms with Gasteiger partial charge >= 0.3 is 0 Å². The number of nitrogens with zero attached hydrogens (tertiary/aromatic N) is 2. The second-order valence-corrected chi connectivity index (χ2v) is 6.10. The van der Waals surface area contributed by atoms with Gasteiger partial charge in [-0.25, -0.2) is 8.42 Å². The van der Waals surface area contributed by atoms with Crippen LogP contribution in [0.2, 0.25) is 0 Å². The molecule has 92 valence electrons. The molecule has 0 radical (unpaired) electrons. The third-order valence-electron chi connectivity index (χ3n) is 2.36. The molecular formula is C10H19N3O2S. The van der Waals surface area contributed by atoms with E-state index in [4.69, 9.17) is 0 Å². The second kappa shape index (κ2) is 5.45. The van der Waals surface area contributed by atoms with Crippen LogP contribution in [0.25, 0.3) is 0 Å². The lowest BCUT2D eigenvalue weighted by Gasteiger charge is -2.16. The van der Waals surface area contributed by atoms with E-state index in [9.17, 15) is 8.42 Å². The molecule has 0 amide bonds. The van der Waals surface area contributed by atoms with E-state index < -0.39 is 9.84 Å². The van der Waals surface area contributed by atoms with Crippen molar-refractivity contribution in [2.24, 2.45) is 0 Å². The van der Waals surface area contributed by atoms with Crippen LogP contribution in [0.4, 0.5) is 0 Å². The molecule has 1 aromatic rings. The quantitative estimate of drug-likeness (QED) is 0.797. The molecule has 1 aromatic heterocycles. The van der Waals surface area contributed by atoms with Gasteiger partial charge in [-0.15, -0.1) is 0 Å². The Bertz CT molecular complexity index is 425. The molecule has 1 heterocycles. The summed E-state index contributed by atoms with van der Waals surface area (Å²) in [4.78, 5) is 0. The summed E-state index contributed by atoms with van der Waals surface area (Å²) in [5, 5.41) is 7.21. The first-order valence-corrected chi connectivity index (χ1v) is 7.40. The third-order valence-corrected chi connectivity index (χ3v) is 3.30. The fourth-order valence-electron chi connectivity index (χ4n) is 1.66. The van der Waals surface area contributed by atoms with Crippen molar-refractivity contribution in [3.8, 4) is 0 Å². The zero-order valence-electron chi connectivity index (χ0n) is 9.97. The molecule has 0 aromatic carbocycles. The molecule has 0 aliphatic carbocycles. The number of aryl methyl sites for hydroxylation is 1. The predicted molar refractivity (Wildman–Crippen MR) is 64.0 cm³/mol. The highest BCUT2D eigenvalue weighted by Gasteiger charge is 2.18. The predicted octanol–water partition coefficient (Wildman–Crippen LogP) is 0.598. The Morgan fingerprint density at radius 3 is 2.75 bits per heavy atom. The van der Waals surface area contributed by atoms with E-state index in [-0.39, 0.29) is 11.8 Å². The van der Waals surface area contributed by atoms with Gasteiger partial charge in [0.25, 0.3) is 0 Å². The Kier molecular flexibility index (Phi) is 4.49. The molecule has 1 rings (SSSR count). The normalized spacial score (nSPS) is 13.9. The van der Waals surface area contributed by atoms with Crippen molar-refractivity contribution >= 4 is 9.84 Å². The van der Waals surface area contributed by atoms with Crippen LogP contribution < -0.4 is 5.32 Å². The Morgan fingerprint density at radius 2 is 2.25 bits per heavy atom. The van der Waals surface area contributed by atoms with Gasteiger partial charge in [-0.05, 0) is 19.5 Å². The molecular weight excluding hydrogens is 226 g/mol. The van der Waals surface area contributed by atoms with E-state index >= 15 is 0 Å². The summed E-state index contributed by atoms with van der Waals surface area (Å²) in [6.45, 7) is 2.88. The SMILES string of the molecule is CCCn1nccc1C(CS(C)(=O)=O)NC. The standard InChI is InChI=1S/C10H19N3O2S/c1-4-7-13-10(5-6-12-13)9(11-2)8-16(3,14)15/h5-6,9,11H,4,7-8H2,1-3H3. The molecule has 0 saturated heterocycles. The smallest absolute Gasteiger partial charge is 0.149 e. The van der Waals surface area contributed by atoms with Gasteiger partial charge in [-0.2, -0.15) is 5.10 Å². The van der Waals surface area contributed by atoms with Gasteiger partial charge in [-0.3, -0.25) is 4.68 Å². The van der Waals surface area contributed by atoms with Gasteiger partial charge in [0.2, 0.25) is 0 Å². The molecule has 5 nitrogen and oxygen atoms in total. The van der Waals surface area contributed by atoms with Crippen molar-refractivity contribution in [2.75, 3.05) is 19.1 Å². The molecule has 0 aliphatic heterocycles. The maximum atomic E-state index is 11.3. The molecule has 6 heteroatoms. The van der Waals surface area contributed by atoms with Crippen LogP contribution in [0.5, 0.6) is 0 Å². The summed E-state index contributed by atoms with van der Waals surface area (Å²) >= 11 is 0. The van der Waals surface area contributed by atoms with Crippen LogP contribution in [0.1, 0.15) is 25.1 Å². The average Bonchev–Trinajstić information content (AvgIpc) is 2.61. The van der Waals surface area contributed by atoms with Gasteiger partial charge < -0.3 is 5.32 Å². The third kappa shape index (κ3) is 3.61. The van der Waals surface area contributed by atoms with Gasteiger partial charge in [0.1, 0.15) is 9.84 Å². The van der Waals surface area contributed by atoms with Crippen LogP contribution in [-0.2, 0) is 16.4 Å². The average molecular weight is 245 g/mol. The Morgan fingerprint density at radius 1 is 1.56 bits per heavy atom. The maximum Gasteiger partial charge on any atom is 0.149 e. The minimum Gasteiger partial charge on any atom is -0.311 e. The zero-order chi connectivity index (χ0) is 12.2. The summed E-state index contributed by atoms with van der Waals surface area (Å²) in [5.41, 5.74) is 0.926. The fourth-order valence-corrected chi connectivity index (χ4v) is 2.60. The van der Waals surface area contributed by atoms with Gasteiger partial charge in [0.05, 0.1) is 17.5 Å². The van der Waals surface area contributed by atoms with E-state index in [1.54, 1.807) is 13.2 Å². The van der Waals surface area contributed by atoms with E-state index in [2.05, 4.69) is 17.3 Å². The second-order valence-electron chi connectivity index (χ2n) is 3.91. The van der Waals surface area contributed by atoms with Crippen LogP contribution >= 0.6 is 0 Å². The molecule has 0 spiro atoms. The van der Waals surface area contributed by atoms with Crippen molar-refractivity contribution in [1.82, 2.24) is 15.1 Å². The van der Waals surface area contributed by atoms with Gasteiger partial charge in [0, 0.05) is 19.0 Å². The summed E-state index contributed by atoms with van der Waals surface area (Å²) in [6.07, 6.45) is 3.93. The number of hydrogen-bond acceptors (Lipinski definition) is 4.